The van der Waals surface area contributed by atoms with Gasteiger partial charge in [0.05, 0.1) is 0 Å². The van der Waals surface area contributed by atoms with Crippen molar-refractivity contribution in [2.45, 2.75) is 45.7 Å². The summed E-state index contributed by atoms with van der Waals surface area (Å²) in [6, 6.07) is 4.95. The normalized spacial score (nSPS) is 17.8. The fourth-order valence-corrected chi connectivity index (χ4v) is 3.02. The standard InChI is InChI=1S/C16H25FN2/c1-2-3-13-6-8-19(9-7-13)12-15-10-16(17)5-4-14(15)11-18/h4-5,10,13H,2-3,6-9,11-12,18H2,1H3. The molecule has 0 saturated carbocycles. The van der Waals surface area contributed by atoms with Gasteiger partial charge in [-0.05, 0) is 55.1 Å². The molecule has 1 aromatic carbocycles. The summed E-state index contributed by atoms with van der Waals surface area (Å²) in [6.45, 7) is 5.84. The van der Waals surface area contributed by atoms with Crippen LogP contribution in [0.5, 0.6) is 0 Å². The van der Waals surface area contributed by atoms with Crippen LogP contribution in [0.15, 0.2) is 18.2 Å². The summed E-state index contributed by atoms with van der Waals surface area (Å²) < 4.78 is 13.3. The van der Waals surface area contributed by atoms with Crippen molar-refractivity contribution < 1.29 is 4.39 Å². The van der Waals surface area contributed by atoms with Gasteiger partial charge in [-0.1, -0.05) is 25.8 Å². The van der Waals surface area contributed by atoms with Gasteiger partial charge in [0.1, 0.15) is 5.82 Å². The minimum Gasteiger partial charge on any atom is -0.326 e. The summed E-state index contributed by atoms with van der Waals surface area (Å²) >= 11 is 0. The molecule has 0 bridgehead atoms. The van der Waals surface area contributed by atoms with Crippen LogP contribution < -0.4 is 5.73 Å². The Morgan fingerprint density at radius 1 is 1.26 bits per heavy atom. The molecule has 0 unspecified atom stereocenters. The second kappa shape index (κ2) is 7.01. The molecular weight excluding hydrogens is 239 g/mol. The zero-order valence-corrected chi connectivity index (χ0v) is 11.9. The van der Waals surface area contributed by atoms with Gasteiger partial charge >= 0.3 is 0 Å². The number of rotatable bonds is 5. The average molecular weight is 264 g/mol. The van der Waals surface area contributed by atoms with Crippen molar-refractivity contribution in [3.63, 3.8) is 0 Å². The van der Waals surface area contributed by atoms with Crippen LogP contribution in [0.3, 0.4) is 0 Å². The van der Waals surface area contributed by atoms with E-state index in [2.05, 4.69) is 11.8 Å². The fraction of sp³-hybridized carbons (Fsp3) is 0.625. The molecule has 0 aliphatic carbocycles. The Balaban J connectivity index is 1.93. The molecule has 0 spiro atoms. The predicted octanol–water partition coefficient (Wildman–Crippen LogP) is 3.30. The zero-order chi connectivity index (χ0) is 13.7. The SMILES string of the molecule is CCCC1CCN(Cc2cc(F)ccc2CN)CC1. The largest absolute Gasteiger partial charge is 0.326 e. The van der Waals surface area contributed by atoms with Crippen LogP contribution in [0.4, 0.5) is 4.39 Å². The third-order valence-electron chi connectivity index (χ3n) is 4.19. The third-order valence-corrected chi connectivity index (χ3v) is 4.19. The molecule has 19 heavy (non-hydrogen) atoms. The van der Waals surface area contributed by atoms with Gasteiger partial charge in [-0.2, -0.15) is 0 Å². The highest BCUT2D eigenvalue weighted by Gasteiger charge is 2.19. The molecule has 2 nitrogen and oxygen atoms in total. The van der Waals surface area contributed by atoms with E-state index >= 15 is 0 Å². The first-order chi connectivity index (χ1) is 9.22. The first kappa shape index (κ1) is 14.5. The monoisotopic (exact) mass is 264 g/mol. The molecule has 1 aromatic rings. The molecule has 1 aliphatic heterocycles. The molecule has 1 aliphatic rings. The van der Waals surface area contributed by atoms with Crippen molar-refractivity contribution in [1.29, 1.82) is 0 Å². The van der Waals surface area contributed by atoms with Gasteiger partial charge < -0.3 is 5.73 Å². The van der Waals surface area contributed by atoms with E-state index in [4.69, 9.17) is 5.73 Å². The summed E-state index contributed by atoms with van der Waals surface area (Å²) in [4.78, 5) is 2.43. The number of nitrogens with two attached hydrogens (primary N) is 1. The molecular formula is C16H25FN2. The Bertz CT molecular complexity index is 398. The molecule has 0 aromatic heterocycles. The number of hydrogen-bond acceptors (Lipinski definition) is 2. The summed E-state index contributed by atoms with van der Waals surface area (Å²) in [6.07, 6.45) is 5.19. The van der Waals surface area contributed by atoms with Crippen LogP contribution in [0.1, 0.15) is 43.7 Å². The summed E-state index contributed by atoms with van der Waals surface area (Å²) in [5.74, 6) is 0.732. The van der Waals surface area contributed by atoms with Crippen molar-refractivity contribution >= 4 is 0 Å². The van der Waals surface area contributed by atoms with Gasteiger partial charge in [-0.3, -0.25) is 4.90 Å². The Labute approximate surface area is 115 Å². The van der Waals surface area contributed by atoms with Crippen LogP contribution in [-0.4, -0.2) is 18.0 Å². The maximum Gasteiger partial charge on any atom is 0.123 e. The number of likely N-dealkylation sites (tertiary alicyclic amines) is 1. The van der Waals surface area contributed by atoms with Crippen molar-refractivity contribution in [2.75, 3.05) is 13.1 Å². The van der Waals surface area contributed by atoms with Crippen LogP contribution in [0.2, 0.25) is 0 Å². The molecule has 1 heterocycles. The first-order valence-corrected chi connectivity index (χ1v) is 7.42. The molecule has 3 heteroatoms. The summed E-state index contributed by atoms with van der Waals surface area (Å²) in [5.41, 5.74) is 7.85. The highest BCUT2D eigenvalue weighted by molar-refractivity contribution is 5.27. The number of halogens is 1. The number of hydrogen-bond donors (Lipinski definition) is 1. The first-order valence-electron chi connectivity index (χ1n) is 7.42. The Hall–Kier alpha value is -0.930. The lowest BCUT2D eigenvalue weighted by Crippen LogP contribution is -2.33. The minimum atomic E-state index is -0.159. The lowest BCUT2D eigenvalue weighted by Gasteiger charge is -2.32. The Kier molecular flexibility index (Phi) is 5.34. The highest BCUT2D eigenvalue weighted by Crippen LogP contribution is 2.23. The molecule has 2 rings (SSSR count). The Morgan fingerprint density at radius 3 is 2.63 bits per heavy atom. The Morgan fingerprint density at radius 2 is 2.00 bits per heavy atom. The molecule has 106 valence electrons. The quantitative estimate of drug-likeness (QED) is 0.884. The zero-order valence-electron chi connectivity index (χ0n) is 11.9. The van der Waals surface area contributed by atoms with Crippen LogP contribution in [0, 0.1) is 11.7 Å². The van der Waals surface area contributed by atoms with E-state index in [1.54, 1.807) is 6.07 Å². The van der Waals surface area contributed by atoms with E-state index < -0.39 is 0 Å². The van der Waals surface area contributed by atoms with Crippen LogP contribution in [0.25, 0.3) is 0 Å². The van der Waals surface area contributed by atoms with E-state index in [1.165, 1.54) is 31.7 Å². The van der Waals surface area contributed by atoms with Crippen LogP contribution in [-0.2, 0) is 13.1 Å². The van der Waals surface area contributed by atoms with Crippen molar-refractivity contribution in [3.8, 4) is 0 Å². The third kappa shape index (κ3) is 4.02. The number of benzene rings is 1. The van der Waals surface area contributed by atoms with E-state index in [0.29, 0.717) is 6.54 Å². The second-order valence-electron chi connectivity index (χ2n) is 5.63. The maximum absolute atomic E-state index is 13.3. The average Bonchev–Trinajstić information content (AvgIpc) is 2.42. The lowest BCUT2D eigenvalue weighted by molar-refractivity contribution is 0.171. The summed E-state index contributed by atoms with van der Waals surface area (Å²) in [7, 11) is 0. The second-order valence-corrected chi connectivity index (χ2v) is 5.63. The predicted molar refractivity (Wildman–Crippen MR) is 77.2 cm³/mol. The van der Waals surface area contributed by atoms with E-state index in [1.807, 2.05) is 6.07 Å². The van der Waals surface area contributed by atoms with E-state index in [0.717, 1.165) is 36.7 Å². The van der Waals surface area contributed by atoms with E-state index in [9.17, 15) is 4.39 Å². The van der Waals surface area contributed by atoms with Gasteiger partial charge in [-0.25, -0.2) is 4.39 Å². The molecule has 0 amide bonds. The molecule has 0 radical (unpaired) electrons. The van der Waals surface area contributed by atoms with Crippen LogP contribution >= 0.6 is 0 Å². The molecule has 1 fully saturated rings. The molecule has 2 N–H and O–H groups in total. The minimum absolute atomic E-state index is 0.159. The maximum atomic E-state index is 13.3. The van der Waals surface area contributed by atoms with Crippen molar-refractivity contribution in [1.82, 2.24) is 4.90 Å². The van der Waals surface area contributed by atoms with Crippen molar-refractivity contribution in [2.24, 2.45) is 11.7 Å². The highest BCUT2D eigenvalue weighted by atomic mass is 19.1. The smallest absolute Gasteiger partial charge is 0.123 e. The molecule has 0 atom stereocenters. The van der Waals surface area contributed by atoms with Gasteiger partial charge in [0.25, 0.3) is 0 Å². The fourth-order valence-electron chi connectivity index (χ4n) is 3.02. The number of nitrogens with zero attached hydrogens (tertiary/aromatic N) is 1. The lowest BCUT2D eigenvalue weighted by atomic mass is 9.92. The molecule has 1 saturated heterocycles. The van der Waals surface area contributed by atoms with Crippen molar-refractivity contribution in [3.05, 3.63) is 35.1 Å². The summed E-state index contributed by atoms with van der Waals surface area (Å²) in [5, 5.41) is 0. The van der Waals surface area contributed by atoms with Gasteiger partial charge in [0.15, 0.2) is 0 Å². The topological polar surface area (TPSA) is 29.3 Å². The van der Waals surface area contributed by atoms with Gasteiger partial charge in [0.2, 0.25) is 0 Å². The van der Waals surface area contributed by atoms with E-state index in [-0.39, 0.29) is 5.82 Å². The van der Waals surface area contributed by atoms with Gasteiger partial charge in [-0.15, -0.1) is 0 Å². The van der Waals surface area contributed by atoms with Gasteiger partial charge in [0, 0.05) is 13.1 Å². The number of piperidine rings is 1.